The number of anilines is 1. The minimum atomic E-state index is -0.558. The number of carbonyl (C=O) groups excluding carboxylic acids is 2. The number of rotatable bonds is 6. The van der Waals surface area contributed by atoms with Gasteiger partial charge in [0.1, 0.15) is 11.1 Å². The molecule has 1 heterocycles. The molecule has 0 unspecified atom stereocenters. The molecule has 164 valence electrons. The molecule has 0 fully saturated rings. The second kappa shape index (κ2) is 9.76. The molecule has 0 saturated heterocycles. The molecule has 0 aliphatic carbocycles. The Morgan fingerprint density at radius 2 is 1.84 bits per heavy atom. The Morgan fingerprint density at radius 1 is 1.09 bits per heavy atom. The normalized spacial score (nSPS) is 16.4. The van der Waals surface area contributed by atoms with Crippen LogP contribution in [-0.4, -0.2) is 17.1 Å². The van der Waals surface area contributed by atoms with Gasteiger partial charge in [-0.25, -0.2) is 4.39 Å². The van der Waals surface area contributed by atoms with Gasteiger partial charge < -0.3 is 10.2 Å². The lowest BCUT2D eigenvalue weighted by atomic mass is 10.0. The molecular formula is C25H22ClFN2O2S. The highest BCUT2D eigenvalue weighted by molar-refractivity contribution is 8.01. The zero-order valence-electron chi connectivity index (χ0n) is 17.4. The van der Waals surface area contributed by atoms with Crippen molar-refractivity contribution in [3.05, 3.63) is 94.8 Å². The molecule has 0 saturated carbocycles. The molecular weight excluding hydrogens is 447 g/mol. The molecule has 2 amide bonds. The summed E-state index contributed by atoms with van der Waals surface area (Å²) in [5.74, 6) is -1.21. The van der Waals surface area contributed by atoms with Gasteiger partial charge in [0.2, 0.25) is 11.8 Å². The summed E-state index contributed by atoms with van der Waals surface area (Å²) in [5, 5.41) is 2.92. The lowest BCUT2D eigenvalue weighted by molar-refractivity contribution is -0.128. The predicted molar refractivity (Wildman–Crippen MR) is 126 cm³/mol. The highest BCUT2D eigenvalue weighted by Gasteiger charge is 2.39. The van der Waals surface area contributed by atoms with Crippen LogP contribution in [0.15, 0.2) is 77.7 Å². The first-order chi connectivity index (χ1) is 15.4. The van der Waals surface area contributed by atoms with E-state index in [9.17, 15) is 14.0 Å². The van der Waals surface area contributed by atoms with Gasteiger partial charge in [-0.1, -0.05) is 54.9 Å². The fourth-order valence-electron chi connectivity index (χ4n) is 3.63. The molecule has 1 aliphatic heterocycles. The van der Waals surface area contributed by atoms with E-state index in [0.717, 1.165) is 21.7 Å². The maximum Gasteiger partial charge on any atom is 0.241 e. The quantitative estimate of drug-likeness (QED) is 0.524. The molecule has 0 spiro atoms. The molecule has 4 nitrogen and oxygen atoms in total. The van der Waals surface area contributed by atoms with Crippen molar-refractivity contribution in [2.45, 2.75) is 30.2 Å². The van der Waals surface area contributed by atoms with Crippen molar-refractivity contribution in [3.63, 3.8) is 0 Å². The molecule has 2 atom stereocenters. The molecule has 4 rings (SSSR count). The molecule has 3 aromatic carbocycles. The lowest BCUT2D eigenvalue weighted by Crippen LogP contribution is -2.47. The first kappa shape index (κ1) is 22.4. The van der Waals surface area contributed by atoms with Gasteiger partial charge in [-0.05, 0) is 47.5 Å². The van der Waals surface area contributed by atoms with Gasteiger partial charge in [-0.15, -0.1) is 11.8 Å². The van der Waals surface area contributed by atoms with Crippen molar-refractivity contribution in [3.8, 4) is 0 Å². The van der Waals surface area contributed by atoms with Crippen LogP contribution in [0, 0.1) is 11.7 Å². The second-order valence-corrected chi connectivity index (χ2v) is 9.31. The van der Waals surface area contributed by atoms with E-state index in [1.807, 2.05) is 42.5 Å². The number of fused-ring (bicyclic) bond motifs is 1. The highest BCUT2D eigenvalue weighted by Crippen LogP contribution is 2.42. The Morgan fingerprint density at radius 3 is 2.59 bits per heavy atom. The Labute approximate surface area is 195 Å². The zero-order chi connectivity index (χ0) is 22.7. The minimum Gasteiger partial charge on any atom is -0.352 e. The van der Waals surface area contributed by atoms with E-state index in [4.69, 9.17) is 11.6 Å². The molecule has 3 aromatic rings. The van der Waals surface area contributed by atoms with E-state index in [0.29, 0.717) is 11.6 Å². The van der Waals surface area contributed by atoms with Gasteiger partial charge in [0, 0.05) is 16.5 Å². The van der Waals surface area contributed by atoms with Crippen molar-refractivity contribution >= 4 is 40.9 Å². The summed E-state index contributed by atoms with van der Waals surface area (Å²) < 4.78 is 13.1. The van der Waals surface area contributed by atoms with Crippen LogP contribution in [0.25, 0.3) is 0 Å². The number of para-hydroxylation sites is 1. The fourth-order valence-corrected chi connectivity index (χ4v) is 5.12. The Kier molecular flexibility index (Phi) is 6.82. The molecule has 32 heavy (non-hydrogen) atoms. The fraction of sp³-hybridized carbons (Fsp3) is 0.200. The average molecular weight is 469 g/mol. The maximum atomic E-state index is 13.5. The van der Waals surface area contributed by atoms with Gasteiger partial charge in [0.15, 0.2) is 0 Å². The first-order valence-corrected chi connectivity index (χ1v) is 11.5. The smallest absolute Gasteiger partial charge is 0.241 e. The number of amides is 2. The van der Waals surface area contributed by atoms with E-state index in [1.165, 1.54) is 23.9 Å². The Hall–Kier alpha value is -2.83. The van der Waals surface area contributed by atoms with Crippen LogP contribution in [0.5, 0.6) is 0 Å². The summed E-state index contributed by atoms with van der Waals surface area (Å²) in [6.45, 7) is 2.41. The van der Waals surface area contributed by atoms with Crippen molar-refractivity contribution in [2.24, 2.45) is 5.92 Å². The van der Waals surface area contributed by atoms with Crippen LogP contribution in [-0.2, 0) is 22.7 Å². The number of thioether (sulfide) groups is 1. The van der Waals surface area contributed by atoms with E-state index in [-0.39, 0.29) is 24.2 Å². The van der Waals surface area contributed by atoms with E-state index < -0.39 is 11.2 Å². The Bertz CT molecular complexity index is 1140. The molecule has 0 radical (unpaired) electrons. The third kappa shape index (κ3) is 4.97. The topological polar surface area (TPSA) is 49.4 Å². The number of nitrogens with zero attached hydrogens (tertiary/aromatic N) is 1. The summed E-state index contributed by atoms with van der Waals surface area (Å²) in [4.78, 5) is 29.0. The molecule has 0 bridgehead atoms. The molecule has 7 heteroatoms. The molecule has 0 aromatic heterocycles. The van der Waals surface area contributed by atoms with Crippen LogP contribution in [0.2, 0.25) is 5.02 Å². The Balaban J connectivity index is 1.52. The number of halogens is 2. The monoisotopic (exact) mass is 468 g/mol. The second-order valence-electron chi connectivity index (χ2n) is 7.69. The SMILES string of the molecule is C[C@H](C(=O)NCc1ccc(F)cc1)[C@H]1Sc2ccccc2N(Cc2cccc(Cl)c2)C1=O. The number of nitrogens with one attached hydrogen (secondary N) is 1. The van der Waals surface area contributed by atoms with E-state index >= 15 is 0 Å². The van der Waals surface area contributed by atoms with Crippen molar-refractivity contribution < 1.29 is 14.0 Å². The summed E-state index contributed by atoms with van der Waals surface area (Å²) in [6, 6.07) is 21.1. The summed E-state index contributed by atoms with van der Waals surface area (Å²) in [5.41, 5.74) is 2.54. The third-order valence-electron chi connectivity index (χ3n) is 5.40. The van der Waals surface area contributed by atoms with Crippen LogP contribution >= 0.6 is 23.4 Å². The van der Waals surface area contributed by atoms with Crippen molar-refractivity contribution in [1.29, 1.82) is 0 Å². The standard InChI is InChI=1S/C25H22ClFN2O2S/c1-16(24(30)28-14-17-9-11-20(27)12-10-17)23-25(31)29(15-18-5-4-6-19(26)13-18)21-7-2-3-8-22(21)32-23/h2-13,16,23H,14-15H2,1H3,(H,28,30)/t16-,23+/m0/s1. The van der Waals surface area contributed by atoms with Crippen LogP contribution < -0.4 is 10.2 Å². The van der Waals surface area contributed by atoms with Gasteiger partial charge in [-0.2, -0.15) is 0 Å². The highest BCUT2D eigenvalue weighted by atomic mass is 35.5. The van der Waals surface area contributed by atoms with Gasteiger partial charge in [0.05, 0.1) is 18.2 Å². The minimum absolute atomic E-state index is 0.113. The largest absolute Gasteiger partial charge is 0.352 e. The van der Waals surface area contributed by atoms with Crippen molar-refractivity contribution in [1.82, 2.24) is 5.32 Å². The van der Waals surface area contributed by atoms with Crippen LogP contribution in [0.3, 0.4) is 0 Å². The van der Waals surface area contributed by atoms with Gasteiger partial charge in [0.25, 0.3) is 0 Å². The number of benzene rings is 3. The van der Waals surface area contributed by atoms with Crippen LogP contribution in [0.1, 0.15) is 18.1 Å². The predicted octanol–water partition coefficient (Wildman–Crippen LogP) is 5.44. The lowest BCUT2D eigenvalue weighted by Gasteiger charge is -2.35. The maximum absolute atomic E-state index is 13.5. The summed E-state index contributed by atoms with van der Waals surface area (Å²) in [7, 11) is 0. The van der Waals surface area contributed by atoms with Crippen LogP contribution in [0.4, 0.5) is 10.1 Å². The third-order valence-corrected chi connectivity index (χ3v) is 7.09. The zero-order valence-corrected chi connectivity index (χ0v) is 19.0. The first-order valence-electron chi connectivity index (χ1n) is 10.3. The molecule has 1 N–H and O–H groups in total. The van der Waals surface area contributed by atoms with E-state index in [1.54, 1.807) is 30.0 Å². The summed E-state index contributed by atoms with van der Waals surface area (Å²) in [6.07, 6.45) is 0. The summed E-state index contributed by atoms with van der Waals surface area (Å²) >= 11 is 7.55. The average Bonchev–Trinajstić information content (AvgIpc) is 2.79. The van der Waals surface area contributed by atoms with Gasteiger partial charge in [-0.3, -0.25) is 9.59 Å². The number of hydrogen-bond acceptors (Lipinski definition) is 3. The number of carbonyl (C=O) groups is 2. The number of hydrogen-bond donors (Lipinski definition) is 1. The van der Waals surface area contributed by atoms with E-state index in [2.05, 4.69) is 5.32 Å². The van der Waals surface area contributed by atoms with Crippen molar-refractivity contribution in [2.75, 3.05) is 4.90 Å². The van der Waals surface area contributed by atoms with Gasteiger partial charge >= 0.3 is 0 Å². The molecule has 1 aliphatic rings.